The van der Waals surface area contributed by atoms with Gasteiger partial charge in [-0.05, 0) is 43.3 Å². The molecule has 0 aliphatic rings. The number of rotatable bonds is 5. The fraction of sp³-hybridized carbons (Fsp3) is 0.0455. The molecule has 1 heterocycles. The summed E-state index contributed by atoms with van der Waals surface area (Å²) in [4.78, 5) is 13.1. The van der Waals surface area contributed by atoms with E-state index >= 15 is 0 Å². The number of hydrogen-bond donors (Lipinski definition) is 2. The molecule has 4 rings (SSSR count). The van der Waals surface area contributed by atoms with Crippen molar-refractivity contribution in [2.75, 3.05) is 0 Å². The van der Waals surface area contributed by atoms with Crippen molar-refractivity contribution in [3.05, 3.63) is 94.8 Å². The minimum atomic E-state index is -3.80. The molecular weight excluding hydrogens is 414 g/mol. The molecule has 1 aromatic heterocycles. The van der Waals surface area contributed by atoms with Gasteiger partial charge in [-0.2, -0.15) is 5.11 Å². The van der Waals surface area contributed by atoms with Crippen molar-refractivity contribution in [2.45, 2.75) is 11.8 Å². The van der Waals surface area contributed by atoms with Crippen LogP contribution in [-0.2, 0) is 10.0 Å². The molecule has 0 bridgehead atoms. The second kappa shape index (κ2) is 8.13. The number of azo groups is 1. The first-order valence-corrected chi connectivity index (χ1v) is 10.9. The highest BCUT2D eigenvalue weighted by Crippen LogP contribution is 2.28. The van der Waals surface area contributed by atoms with E-state index in [0.717, 1.165) is 11.1 Å². The van der Waals surface area contributed by atoms with E-state index in [9.17, 15) is 13.2 Å². The average molecular weight is 433 g/mol. The molecule has 3 aromatic carbocycles. The maximum Gasteiger partial charge on any atom is 0.299 e. The van der Waals surface area contributed by atoms with Crippen LogP contribution in [0.2, 0.25) is 0 Å². The molecule has 0 unspecified atom stereocenters. The maximum absolute atomic E-state index is 13.1. The highest BCUT2D eigenvalue weighted by atomic mass is 32.2. The number of sulfonamides is 1. The number of aromatic amines is 1. The topological polar surface area (TPSA) is 123 Å². The minimum Gasteiger partial charge on any atom is -0.288 e. The molecule has 0 saturated carbocycles. The summed E-state index contributed by atoms with van der Waals surface area (Å²) in [6, 6.07) is 22.5. The van der Waals surface area contributed by atoms with Crippen molar-refractivity contribution in [2.24, 2.45) is 15.4 Å². The van der Waals surface area contributed by atoms with Crippen LogP contribution in [0.15, 0.2) is 98.8 Å². The second-order valence-corrected chi connectivity index (χ2v) is 8.48. The Labute approximate surface area is 178 Å². The zero-order valence-electron chi connectivity index (χ0n) is 16.6. The zero-order valence-corrected chi connectivity index (χ0v) is 17.4. The third kappa shape index (κ3) is 4.37. The fourth-order valence-electron chi connectivity index (χ4n) is 3.01. The molecule has 0 amide bonds. The Morgan fingerprint density at radius 1 is 0.871 bits per heavy atom. The van der Waals surface area contributed by atoms with E-state index < -0.39 is 10.0 Å². The molecular formula is C22H19N5O3S. The van der Waals surface area contributed by atoms with Gasteiger partial charge in [-0.3, -0.25) is 9.89 Å². The number of primary sulfonamides is 1. The van der Waals surface area contributed by atoms with Crippen molar-refractivity contribution in [1.82, 2.24) is 9.78 Å². The summed E-state index contributed by atoms with van der Waals surface area (Å²) < 4.78 is 24.2. The quantitative estimate of drug-likeness (QED) is 0.458. The summed E-state index contributed by atoms with van der Waals surface area (Å²) in [5.74, 6) is 0. The summed E-state index contributed by atoms with van der Waals surface area (Å²) in [5.41, 5.74) is 3.23. The number of benzene rings is 3. The van der Waals surface area contributed by atoms with E-state index in [1.807, 2.05) is 61.5 Å². The molecule has 0 aliphatic heterocycles. The van der Waals surface area contributed by atoms with E-state index in [1.165, 1.54) is 28.9 Å². The Bertz CT molecular complexity index is 1400. The van der Waals surface area contributed by atoms with Crippen LogP contribution in [0, 0.1) is 6.92 Å². The number of hydrogen-bond acceptors (Lipinski definition) is 5. The maximum atomic E-state index is 13.1. The summed E-state index contributed by atoms with van der Waals surface area (Å²) >= 11 is 0. The average Bonchev–Trinajstić information content (AvgIpc) is 3.09. The Morgan fingerprint density at radius 2 is 1.52 bits per heavy atom. The van der Waals surface area contributed by atoms with Crippen LogP contribution >= 0.6 is 0 Å². The Hall–Kier alpha value is -3.82. The van der Waals surface area contributed by atoms with Gasteiger partial charge in [0, 0.05) is 5.56 Å². The third-order valence-electron chi connectivity index (χ3n) is 4.65. The van der Waals surface area contributed by atoms with Gasteiger partial charge in [0.25, 0.3) is 5.56 Å². The first-order valence-electron chi connectivity index (χ1n) is 9.35. The van der Waals surface area contributed by atoms with Crippen LogP contribution < -0.4 is 10.7 Å². The van der Waals surface area contributed by atoms with Crippen molar-refractivity contribution in [1.29, 1.82) is 0 Å². The van der Waals surface area contributed by atoms with Gasteiger partial charge in [0.15, 0.2) is 5.69 Å². The SMILES string of the molecule is Cc1ccc(-n2[nH]c(-c3ccccc3)c(N=Nc3ccc(S(N)(=O)=O)cc3)c2=O)cc1. The second-order valence-electron chi connectivity index (χ2n) is 6.92. The molecule has 156 valence electrons. The van der Waals surface area contributed by atoms with E-state index in [2.05, 4.69) is 15.3 Å². The predicted octanol–water partition coefficient (Wildman–Crippen LogP) is 4.20. The van der Waals surface area contributed by atoms with E-state index in [-0.39, 0.29) is 16.1 Å². The van der Waals surface area contributed by atoms with Gasteiger partial charge in [-0.15, -0.1) is 5.11 Å². The molecule has 4 aromatic rings. The summed E-state index contributed by atoms with van der Waals surface area (Å²) in [6.07, 6.45) is 0. The highest BCUT2D eigenvalue weighted by molar-refractivity contribution is 7.89. The van der Waals surface area contributed by atoms with Crippen LogP contribution in [0.1, 0.15) is 5.56 Å². The molecule has 9 heteroatoms. The number of H-pyrrole nitrogens is 1. The molecule has 3 N–H and O–H groups in total. The summed E-state index contributed by atoms with van der Waals surface area (Å²) in [5, 5.41) is 16.5. The molecule has 0 fully saturated rings. The summed E-state index contributed by atoms with van der Waals surface area (Å²) in [6.45, 7) is 1.97. The first-order chi connectivity index (χ1) is 14.8. The molecule has 0 aliphatic carbocycles. The lowest BCUT2D eigenvalue weighted by Crippen LogP contribution is -2.13. The van der Waals surface area contributed by atoms with Gasteiger partial charge in [-0.1, -0.05) is 48.0 Å². The van der Waals surface area contributed by atoms with Gasteiger partial charge >= 0.3 is 0 Å². The molecule has 0 radical (unpaired) electrons. The fourth-order valence-corrected chi connectivity index (χ4v) is 3.53. The lowest BCUT2D eigenvalue weighted by molar-refractivity contribution is 0.598. The smallest absolute Gasteiger partial charge is 0.288 e. The molecule has 0 atom stereocenters. The standard InChI is InChI=1S/C22H19N5O3S/c1-15-7-11-18(12-8-15)27-22(28)21(20(26-27)16-5-3-2-4-6-16)25-24-17-9-13-19(14-10-17)31(23,29)30/h2-14,26H,1H3,(H2,23,29,30). The van der Waals surface area contributed by atoms with Gasteiger partial charge < -0.3 is 0 Å². The van der Waals surface area contributed by atoms with Crippen LogP contribution in [0.25, 0.3) is 16.9 Å². The first kappa shape index (κ1) is 20.5. The Morgan fingerprint density at radius 3 is 2.13 bits per heavy atom. The summed E-state index contributed by atoms with van der Waals surface area (Å²) in [7, 11) is -3.80. The van der Waals surface area contributed by atoms with Gasteiger partial charge in [0.1, 0.15) is 0 Å². The number of nitrogens with one attached hydrogen (secondary N) is 1. The van der Waals surface area contributed by atoms with Crippen LogP contribution in [0.5, 0.6) is 0 Å². The minimum absolute atomic E-state index is 0.0280. The number of nitrogens with zero attached hydrogens (tertiary/aromatic N) is 3. The van der Waals surface area contributed by atoms with Gasteiger partial charge in [0.2, 0.25) is 10.0 Å². The number of aromatic nitrogens is 2. The number of aryl methyl sites for hydroxylation is 1. The molecule has 0 saturated heterocycles. The predicted molar refractivity (Wildman–Crippen MR) is 119 cm³/mol. The molecule has 31 heavy (non-hydrogen) atoms. The largest absolute Gasteiger partial charge is 0.299 e. The van der Waals surface area contributed by atoms with Crippen molar-refractivity contribution >= 4 is 21.4 Å². The lowest BCUT2D eigenvalue weighted by atomic mass is 10.1. The van der Waals surface area contributed by atoms with Crippen molar-refractivity contribution in [3.63, 3.8) is 0 Å². The molecule has 8 nitrogen and oxygen atoms in total. The van der Waals surface area contributed by atoms with Crippen LogP contribution in [-0.4, -0.2) is 18.2 Å². The lowest BCUT2D eigenvalue weighted by Gasteiger charge is -2.02. The third-order valence-corrected chi connectivity index (χ3v) is 5.58. The normalized spacial score (nSPS) is 11.8. The van der Waals surface area contributed by atoms with Crippen LogP contribution in [0.3, 0.4) is 0 Å². The van der Waals surface area contributed by atoms with E-state index in [1.54, 1.807) is 0 Å². The Balaban J connectivity index is 1.79. The Kier molecular flexibility index (Phi) is 5.37. The molecule has 0 spiro atoms. The highest BCUT2D eigenvalue weighted by Gasteiger charge is 2.17. The van der Waals surface area contributed by atoms with Gasteiger partial charge in [0.05, 0.1) is 22.0 Å². The van der Waals surface area contributed by atoms with Crippen LogP contribution in [0.4, 0.5) is 11.4 Å². The van der Waals surface area contributed by atoms with Crippen molar-refractivity contribution in [3.8, 4) is 16.9 Å². The van der Waals surface area contributed by atoms with Gasteiger partial charge in [-0.25, -0.2) is 18.2 Å². The zero-order chi connectivity index (χ0) is 22.0. The monoisotopic (exact) mass is 433 g/mol. The van der Waals surface area contributed by atoms with E-state index in [4.69, 9.17) is 5.14 Å². The van der Waals surface area contributed by atoms with E-state index in [0.29, 0.717) is 17.1 Å². The van der Waals surface area contributed by atoms with Crippen molar-refractivity contribution < 1.29 is 8.42 Å². The number of nitrogens with two attached hydrogens (primary N) is 1.